The smallest absolute Gasteiger partial charge is 0.259 e. The Morgan fingerprint density at radius 2 is 1.93 bits per heavy atom. The minimum Gasteiger partial charge on any atom is -0.496 e. The number of ether oxygens (including phenoxy) is 2. The average molecular weight is 365 g/mol. The van der Waals surface area contributed by atoms with Crippen LogP contribution in [0.1, 0.15) is 34.8 Å². The molecule has 1 fully saturated rings. The van der Waals surface area contributed by atoms with Crippen LogP contribution >= 0.6 is 0 Å². The predicted molar refractivity (Wildman–Crippen MR) is 104 cm³/mol. The van der Waals surface area contributed by atoms with Crippen LogP contribution in [0.5, 0.6) is 5.75 Å². The van der Waals surface area contributed by atoms with E-state index < -0.39 is 0 Å². The van der Waals surface area contributed by atoms with E-state index in [0.29, 0.717) is 18.8 Å². The van der Waals surface area contributed by atoms with E-state index in [-0.39, 0.29) is 11.8 Å². The molecule has 1 aliphatic heterocycles. The first-order valence-electron chi connectivity index (χ1n) is 9.15. The van der Waals surface area contributed by atoms with Crippen LogP contribution < -0.4 is 10.1 Å². The molecular weight excluding hydrogens is 342 g/mol. The lowest BCUT2D eigenvalue weighted by Gasteiger charge is -2.21. The third-order valence-corrected chi connectivity index (χ3v) is 5.06. The first-order chi connectivity index (χ1) is 13.2. The SMILES string of the molecule is COc1ccc(NC(=O)c2cn(C)nc2C2CCOCC2)c2ccccc12. The summed E-state index contributed by atoms with van der Waals surface area (Å²) in [4.78, 5) is 13.1. The standard InChI is InChI=1S/C21H23N3O3/c1-24-13-17(20(23-24)14-9-11-27-12-10-14)21(25)22-18-7-8-19(26-2)16-6-4-3-5-15(16)18/h3-8,13-14H,9-12H2,1-2H3,(H,22,25). The van der Waals surface area contributed by atoms with Crippen molar-refractivity contribution in [3.05, 3.63) is 53.9 Å². The summed E-state index contributed by atoms with van der Waals surface area (Å²) in [7, 11) is 3.50. The van der Waals surface area contributed by atoms with Crippen molar-refractivity contribution in [3.8, 4) is 5.75 Å². The van der Waals surface area contributed by atoms with E-state index in [2.05, 4.69) is 10.4 Å². The fourth-order valence-corrected chi connectivity index (χ4v) is 3.70. The van der Waals surface area contributed by atoms with Crippen LogP contribution in [-0.4, -0.2) is 36.0 Å². The van der Waals surface area contributed by atoms with Gasteiger partial charge in [0.15, 0.2) is 0 Å². The number of nitrogens with one attached hydrogen (secondary N) is 1. The molecule has 1 amide bonds. The Morgan fingerprint density at radius 3 is 2.67 bits per heavy atom. The van der Waals surface area contributed by atoms with Gasteiger partial charge in [0.25, 0.3) is 5.91 Å². The summed E-state index contributed by atoms with van der Waals surface area (Å²) < 4.78 is 12.6. The molecule has 140 valence electrons. The van der Waals surface area contributed by atoms with E-state index in [4.69, 9.17) is 9.47 Å². The van der Waals surface area contributed by atoms with Gasteiger partial charge in [0.05, 0.1) is 18.4 Å². The molecule has 0 radical (unpaired) electrons. The van der Waals surface area contributed by atoms with Crippen LogP contribution in [0.4, 0.5) is 5.69 Å². The zero-order valence-corrected chi connectivity index (χ0v) is 15.6. The molecule has 0 spiro atoms. The van der Waals surface area contributed by atoms with Crippen molar-refractivity contribution in [3.63, 3.8) is 0 Å². The zero-order chi connectivity index (χ0) is 18.8. The van der Waals surface area contributed by atoms with Crippen molar-refractivity contribution >= 4 is 22.4 Å². The van der Waals surface area contributed by atoms with Gasteiger partial charge in [-0.1, -0.05) is 24.3 Å². The fraction of sp³-hybridized carbons (Fsp3) is 0.333. The fourth-order valence-electron chi connectivity index (χ4n) is 3.70. The third kappa shape index (κ3) is 3.40. The summed E-state index contributed by atoms with van der Waals surface area (Å²) in [6, 6.07) is 11.6. The quantitative estimate of drug-likeness (QED) is 0.765. The molecule has 3 aromatic rings. The molecule has 0 bridgehead atoms. The van der Waals surface area contributed by atoms with Crippen LogP contribution in [0.2, 0.25) is 0 Å². The number of benzene rings is 2. The van der Waals surface area contributed by atoms with Crippen LogP contribution in [0.15, 0.2) is 42.6 Å². The summed E-state index contributed by atoms with van der Waals surface area (Å²) >= 11 is 0. The highest BCUT2D eigenvalue weighted by molar-refractivity contribution is 6.10. The monoisotopic (exact) mass is 365 g/mol. The molecule has 0 saturated carbocycles. The minimum atomic E-state index is -0.139. The number of rotatable bonds is 4. The molecule has 4 rings (SSSR count). The second-order valence-corrected chi connectivity index (χ2v) is 6.80. The number of hydrogen-bond acceptors (Lipinski definition) is 4. The van der Waals surface area contributed by atoms with Crippen LogP contribution in [0.3, 0.4) is 0 Å². The van der Waals surface area contributed by atoms with Gasteiger partial charge in [-0.25, -0.2) is 0 Å². The molecule has 1 aromatic heterocycles. The van der Waals surface area contributed by atoms with Crippen LogP contribution in [-0.2, 0) is 11.8 Å². The molecule has 1 N–H and O–H groups in total. The topological polar surface area (TPSA) is 65.4 Å². The number of aromatic nitrogens is 2. The molecule has 1 aliphatic rings. The van der Waals surface area contributed by atoms with E-state index in [9.17, 15) is 4.79 Å². The van der Waals surface area contributed by atoms with Crippen molar-refractivity contribution < 1.29 is 14.3 Å². The number of fused-ring (bicyclic) bond motifs is 1. The number of amides is 1. The van der Waals surface area contributed by atoms with Crippen molar-refractivity contribution in [2.24, 2.45) is 7.05 Å². The van der Waals surface area contributed by atoms with E-state index in [0.717, 1.165) is 40.7 Å². The van der Waals surface area contributed by atoms with Gasteiger partial charge in [-0.2, -0.15) is 5.10 Å². The number of aryl methyl sites for hydroxylation is 1. The largest absolute Gasteiger partial charge is 0.496 e. The van der Waals surface area contributed by atoms with Gasteiger partial charge in [-0.3, -0.25) is 9.48 Å². The van der Waals surface area contributed by atoms with E-state index in [1.165, 1.54) is 0 Å². The van der Waals surface area contributed by atoms with E-state index in [1.54, 1.807) is 18.0 Å². The van der Waals surface area contributed by atoms with Gasteiger partial charge in [-0.05, 0) is 25.0 Å². The Kier molecular flexibility index (Phi) is 4.81. The number of anilines is 1. The molecule has 0 aliphatic carbocycles. The number of methoxy groups -OCH3 is 1. The summed E-state index contributed by atoms with van der Waals surface area (Å²) in [5.41, 5.74) is 2.25. The van der Waals surface area contributed by atoms with E-state index >= 15 is 0 Å². The Morgan fingerprint density at radius 1 is 1.19 bits per heavy atom. The van der Waals surface area contributed by atoms with E-state index in [1.807, 2.05) is 43.4 Å². The maximum absolute atomic E-state index is 13.1. The number of hydrogen-bond donors (Lipinski definition) is 1. The molecule has 27 heavy (non-hydrogen) atoms. The van der Waals surface area contributed by atoms with Crippen molar-refractivity contribution in [2.45, 2.75) is 18.8 Å². The van der Waals surface area contributed by atoms with Crippen LogP contribution in [0.25, 0.3) is 10.8 Å². The highest BCUT2D eigenvalue weighted by Crippen LogP contribution is 2.33. The van der Waals surface area contributed by atoms with Crippen molar-refractivity contribution in [1.82, 2.24) is 9.78 Å². The predicted octanol–water partition coefficient (Wildman–Crippen LogP) is 3.73. The molecule has 6 heteroatoms. The minimum absolute atomic E-state index is 0.139. The summed E-state index contributed by atoms with van der Waals surface area (Å²) in [6.45, 7) is 1.43. The second kappa shape index (κ2) is 7.40. The molecule has 2 heterocycles. The summed E-state index contributed by atoms with van der Waals surface area (Å²) in [5, 5.41) is 9.55. The summed E-state index contributed by atoms with van der Waals surface area (Å²) in [6.07, 6.45) is 3.58. The van der Waals surface area contributed by atoms with Crippen LogP contribution in [0, 0.1) is 0 Å². The molecule has 0 unspecified atom stereocenters. The maximum Gasteiger partial charge on any atom is 0.259 e. The van der Waals surface area contributed by atoms with Gasteiger partial charge < -0.3 is 14.8 Å². The third-order valence-electron chi connectivity index (χ3n) is 5.06. The van der Waals surface area contributed by atoms with Gasteiger partial charge in [-0.15, -0.1) is 0 Å². The van der Waals surface area contributed by atoms with Gasteiger partial charge in [0, 0.05) is 48.8 Å². The first-order valence-corrected chi connectivity index (χ1v) is 9.15. The zero-order valence-electron chi connectivity index (χ0n) is 15.6. The normalized spacial score (nSPS) is 15.0. The molecular formula is C21H23N3O3. The Balaban J connectivity index is 1.67. The molecule has 1 saturated heterocycles. The first kappa shape index (κ1) is 17.5. The number of nitrogens with zero attached hydrogens (tertiary/aromatic N) is 2. The van der Waals surface area contributed by atoms with Gasteiger partial charge in [0.1, 0.15) is 5.75 Å². The number of carbonyl (C=O) groups is 1. The highest BCUT2D eigenvalue weighted by atomic mass is 16.5. The number of carbonyl (C=O) groups excluding carboxylic acids is 1. The lowest BCUT2D eigenvalue weighted by Crippen LogP contribution is -2.19. The summed E-state index contributed by atoms with van der Waals surface area (Å²) in [5.74, 6) is 0.904. The maximum atomic E-state index is 13.1. The van der Waals surface area contributed by atoms with Gasteiger partial charge in [0.2, 0.25) is 0 Å². The Labute approximate surface area is 158 Å². The molecule has 2 aromatic carbocycles. The molecule has 6 nitrogen and oxygen atoms in total. The van der Waals surface area contributed by atoms with Crippen molar-refractivity contribution in [1.29, 1.82) is 0 Å². The Bertz CT molecular complexity index is 974. The van der Waals surface area contributed by atoms with Gasteiger partial charge >= 0.3 is 0 Å². The Hall–Kier alpha value is -2.86. The highest BCUT2D eigenvalue weighted by Gasteiger charge is 2.25. The molecule has 0 atom stereocenters. The average Bonchev–Trinajstić information content (AvgIpc) is 3.11. The lowest BCUT2D eigenvalue weighted by atomic mass is 9.93. The second-order valence-electron chi connectivity index (χ2n) is 6.80. The lowest BCUT2D eigenvalue weighted by molar-refractivity contribution is 0.0837. The van der Waals surface area contributed by atoms with Crippen molar-refractivity contribution in [2.75, 3.05) is 25.6 Å².